The van der Waals surface area contributed by atoms with Crippen molar-refractivity contribution in [2.45, 2.75) is 20.4 Å². The molecule has 0 radical (unpaired) electrons. The summed E-state index contributed by atoms with van der Waals surface area (Å²) in [7, 11) is 0. The zero-order valence-corrected chi connectivity index (χ0v) is 16.8. The van der Waals surface area contributed by atoms with Crippen LogP contribution in [0.15, 0.2) is 51.9 Å². The fourth-order valence-electron chi connectivity index (χ4n) is 2.66. The van der Waals surface area contributed by atoms with Crippen molar-refractivity contribution in [3.05, 3.63) is 62.9 Å². The molecule has 0 N–H and O–H groups in total. The largest absolute Gasteiger partial charge is 0.465 e. The van der Waals surface area contributed by atoms with E-state index in [9.17, 15) is 9.59 Å². The predicted molar refractivity (Wildman–Crippen MR) is 105 cm³/mol. The molecule has 26 heavy (non-hydrogen) atoms. The molecule has 1 aromatic heterocycles. The Hall–Kier alpha value is -2.25. The van der Waals surface area contributed by atoms with Gasteiger partial charge in [0.05, 0.1) is 22.4 Å². The van der Waals surface area contributed by atoms with Gasteiger partial charge in [-0.2, -0.15) is 4.99 Å². The summed E-state index contributed by atoms with van der Waals surface area (Å²) in [6, 6.07) is 13.0. The van der Waals surface area contributed by atoms with Crippen molar-refractivity contribution < 1.29 is 14.3 Å². The highest BCUT2D eigenvalue weighted by Crippen LogP contribution is 2.22. The molecule has 0 saturated carbocycles. The van der Waals surface area contributed by atoms with Gasteiger partial charge >= 0.3 is 5.97 Å². The number of esters is 1. The maximum absolute atomic E-state index is 12.6. The minimum absolute atomic E-state index is 0.0146. The molecule has 3 aromatic rings. The van der Waals surface area contributed by atoms with Gasteiger partial charge in [-0.3, -0.25) is 9.59 Å². The smallest absolute Gasteiger partial charge is 0.326 e. The van der Waals surface area contributed by atoms with Crippen LogP contribution in [0.3, 0.4) is 0 Å². The van der Waals surface area contributed by atoms with Crippen LogP contribution in [-0.2, 0) is 16.1 Å². The highest BCUT2D eigenvalue weighted by Gasteiger charge is 2.15. The maximum atomic E-state index is 12.6. The Morgan fingerprint density at radius 2 is 1.96 bits per heavy atom. The molecule has 1 amide bonds. The number of ether oxygens (including phenoxy) is 1. The third-order valence-electron chi connectivity index (χ3n) is 3.80. The second kappa shape index (κ2) is 7.97. The maximum Gasteiger partial charge on any atom is 0.326 e. The molecule has 0 fully saturated rings. The number of hydrogen-bond acceptors (Lipinski definition) is 4. The Morgan fingerprint density at radius 3 is 2.69 bits per heavy atom. The first-order valence-electron chi connectivity index (χ1n) is 8.09. The standard InChI is InChI=1S/C19H17BrN2O3S/c1-3-25-16(23)11-22-17-12(2)7-6-10-15(17)26-19(22)21-18(24)13-8-4-5-9-14(13)20/h4-10H,3,11H2,1-2H3. The summed E-state index contributed by atoms with van der Waals surface area (Å²) >= 11 is 4.76. The summed E-state index contributed by atoms with van der Waals surface area (Å²) in [5.41, 5.74) is 2.38. The Morgan fingerprint density at radius 1 is 1.19 bits per heavy atom. The minimum atomic E-state index is -0.362. The van der Waals surface area contributed by atoms with Gasteiger partial charge in [0.1, 0.15) is 6.54 Å². The number of benzene rings is 2. The molecule has 0 aliphatic rings. The van der Waals surface area contributed by atoms with Crippen LogP contribution in [-0.4, -0.2) is 23.1 Å². The molecule has 0 saturated heterocycles. The van der Waals surface area contributed by atoms with Crippen LogP contribution < -0.4 is 4.80 Å². The average molecular weight is 433 g/mol. The molecule has 0 bridgehead atoms. The van der Waals surface area contributed by atoms with E-state index in [1.165, 1.54) is 11.3 Å². The van der Waals surface area contributed by atoms with Crippen LogP contribution in [0, 0.1) is 6.92 Å². The zero-order valence-electron chi connectivity index (χ0n) is 14.4. The summed E-state index contributed by atoms with van der Waals surface area (Å²) in [6.45, 7) is 4.06. The normalized spacial score (nSPS) is 11.7. The lowest BCUT2D eigenvalue weighted by Crippen LogP contribution is -2.23. The van der Waals surface area contributed by atoms with E-state index in [1.807, 2.05) is 31.2 Å². The highest BCUT2D eigenvalue weighted by molar-refractivity contribution is 9.10. The molecule has 5 nitrogen and oxygen atoms in total. The molecule has 3 rings (SSSR count). The van der Waals surface area contributed by atoms with Crippen LogP contribution >= 0.6 is 27.3 Å². The Bertz CT molecular complexity index is 1050. The number of fused-ring (bicyclic) bond motifs is 1. The summed E-state index contributed by atoms with van der Waals surface area (Å²) in [5, 5.41) is 0. The number of amides is 1. The Kier molecular flexibility index (Phi) is 5.68. The van der Waals surface area contributed by atoms with Gasteiger partial charge in [0.2, 0.25) is 0 Å². The number of aromatic nitrogens is 1. The van der Waals surface area contributed by atoms with Crippen molar-refractivity contribution in [1.82, 2.24) is 4.57 Å². The van der Waals surface area contributed by atoms with Gasteiger partial charge in [-0.25, -0.2) is 0 Å². The monoisotopic (exact) mass is 432 g/mol. The first kappa shape index (κ1) is 18.5. The minimum Gasteiger partial charge on any atom is -0.465 e. The number of rotatable bonds is 4. The third kappa shape index (κ3) is 3.78. The van der Waals surface area contributed by atoms with Crippen molar-refractivity contribution in [2.75, 3.05) is 6.61 Å². The van der Waals surface area contributed by atoms with E-state index in [4.69, 9.17) is 4.74 Å². The summed E-state index contributed by atoms with van der Waals surface area (Å²) < 4.78 is 8.48. The zero-order chi connectivity index (χ0) is 18.7. The first-order chi connectivity index (χ1) is 12.5. The molecule has 0 spiro atoms. The average Bonchev–Trinajstić information content (AvgIpc) is 2.94. The number of thiazole rings is 1. The van der Waals surface area contributed by atoms with Gasteiger partial charge in [0.15, 0.2) is 4.80 Å². The van der Waals surface area contributed by atoms with E-state index in [2.05, 4.69) is 20.9 Å². The molecule has 0 unspecified atom stereocenters. The van der Waals surface area contributed by atoms with E-state index < -0.39 is 0 Å². The summed E-state index contributed by atoms with van der Waals surface area (Å²) in [6.07, 6.45) is 0. The van der Waals surface area contributed by atoms with Crippen LogP contribution in [0.1, 0.15) is 22.8 Å². The van der Waals surface area contributed by atoms with Gasteiger partial charge < -0.3 is 9.30 Å². The SMILES string of the molecule is CCOC(=O)Cn1c(=NC(=O)c2ccccc2Br)sc2cccc(C)c21. The van der Waals surface area contributed by atoms with Gasteiger partial charge in [0.25, 0.3) is 5.91 Å². The quantitative estimate of drug-likeness (QED) is 0.583. The van der Waals surface area contributed by atoms with Crippen LogP contribution in [0.5, 0.6) is 0 Å². The highest BCUT2D eigenvalue weighted by atomic mass is 79.9. The van der Waals surface area contributed by atoms with Crippen molar-refractivity contribution in [3.8, 4) is 0 Å². The molecule has 7 heteroatoms. The van der Waals surface area contributed by atoms with Crippen LogP contribution in [0.2, 0.25) is 0 Å². The molecule has 0 atom stereocenters. The van der Waals surface area contributed by atoms with Crippen LogP contribution in [0.25, 0.3) is 10.2 Å². The predicted octanol–water partition coefficient (Wildman–Crippen LogP) is 4.08. The van der Waals surface area contributed by atoms with E-state index >= 15 is 0 Å². The molecule has 0 aliphatic carbocycles. The van der Waals surface area contributed by atoms with E-state index in [-0.39, 0.29) is 18.4 Å². The Balaban J connectivity index is 2.15. The van der Waals surface area contributed by atoms with Gasteiger partial charge in [-0.05, 0) is 53.5 Å². The van der Waals surface area contributed by atoms with Crippen molar-refractivity contribution in [3.63, 3.8) is 0 Å². The van der Waals surface area contributed by atoms with Gasteiger partial charge in [-0.1, -0.05) is 35.6 Å². The van der Waals surface area contributed by atoms with Crippen molar-refractivity contribution >= 4 is 49.4 Å². The fraction of sp³-hybridized carbons (Fsp3) is 0.211. The third-order valence-corrected chi connectivity index (χ3v) is 5.53. The lowest BCUT2D eigenvalue weighted by Gasteiger charge is -2.07. The second-order valence-corrected chi connectivity index (χ2v) is 7.46. The second-order valence-electron chi connectivity index (χ2n) is 5.59. The summed E-state index contributed by atoms with van der Waals surface area (Å²) in [4.78, 5) is 29.5. The van der Waals surface area contributed by atoms with Crippen molar-refractivity contribution in [2.24, 2.45) is 4.99 Å². The lowest BCUT2D eigenvalue weighted by atomic mass is 10.2. The number of carbonyl (C=O) groups is 2. The molecular weight excluding hydrogens is 416 g/mol. The van der Waals surface area contributed by atoms with Gasteiger partial charge in [0, 0.05) is 4.47 Å². The fourth-order valence-corrected chi connectivity index (χ4v) is 4.22. The van der Waals surface area contributed by atoms with Gasteiger partial charge in [-0.15, -0.1) is 0 Å². The number of para-hydroxylation sites is 1. The molecule has 134 valence electrons. The van der Waals surface area contributed by atoms with E-state index in [0.29, 0.717) is 21.4 Å². The van der Waals surface area contributed by atoms with E-state index in [1.54, 1.807) is 29.7 Å². The summed E-state index contributed by atoms with van der Waals surface area (Å²) in [5.74, 6) is -0.718. The number of carbonyl (C=O) groups excluding carboxylic acids is 2. The molecule has 1 heterocycles. The number of nitrogens with zero attached hydrogens (tertiary/aromatic N) is 2. The van der Waals surface area contributed by atoms with E-state index in [0.717, 1.165) is 15.8 Å². The number of halogens is 1. The number of aryl methyl sites for hydroxylation is 1. The Labute approximate surface area is 163 Å². The molecule has 0 aliphatic heterocycles. The first-order valence-corrected chi connectivity index (χ1v) is 9.70. The molecule has 2 aromatic carbocycles. The molecular formula is C19H17BrN2O3S. The topological polar surface area (TPSA) is 60.7 Å². The number of hydrogen-bond donors (Lipinski definition) is 0. The lowest BCUT2D eigenvalue weighted by molar-refractivity contribution is -0.143. The van der Waals surface area contributed by atoms with Crippen molar-refractivity contribution in [1.29, 1.82) is 0 Å². The van der Waals surface area contributed by atoms with Crippen LogP contribution in [0.4, 0.5) is 0 Å².